The molecule has 2 rings (SSSR count). The Morgan fingerprint density at radius 3 is 2.45 bits per heavy atom. The van der Waals surface area contributed by atoms with E-state index in [4.69, 9.17) is 14.9 Å². The van der Waals surface area contributed by atoms with Crippen molar-refractivity contribution in [3.63, 3.8) is 0 Å². The first-order valence-electron chi connectivity index (χ1n) is 6.48. The number of rotatable bonds is 6. The highest BCUT2D eigenvalue weighted by atomic mass is 16.5. The van der Waals surface area contributed by atoms with E-state index in [-0.39, 0.29) is 5.69 Å². The van der Waals surface area contributed by atoms with Crippen LogP contribution in [0.15, 0.2) is 48.4 Å². The van der Waals surface area contributed by atoms with E-state index >= 15 is 0 Å². The van der Waals surface area contributed by atoms with Gasteiger partial charge in [-0.15, -0.1) is 0 Å². The lowest BCUT2D eigenvalue weighted by molar-refractivity contribution is -0.135. The summed E-state index contributed by atoms with van der Waals surface area (Å²) in [6.07, 6.45) is 2.78. The Hall–Kier alpha value is -3.02. The molecule has 0 atom stereocenters. The number of H-pyrrole nitrogens is 1. The lowest BCUT2D eigenvalue weighted by atomic mass is 10.0. The van der Waals surface area contributed by atoms with Crippen LogP contribution in [0.5, 0.6) is 5.75 Å². The topological polar surface area (TPSA) is 99.6 Å². The number of ketones is 1. The normalized spacial score (nSPS) is 11.2. The number of carbonyl (C=O) groups is 2. The standard InChI is InChI=1S/C16H15NO5/c1-22-12-4-2-10(3-5-12)8-11-6-7-17-15(11)13(18)9-14(19)16(20)21/h2-7,9,17,19H,8H2,1H3,(H,20,21)/b14-9-. The molecule has 1 aromatic carbocycles. The number of aromatic nitrogens is 1. The summed E-state index contributed by atoms with van der Waals surface area (Å²) in [6, 6.07) is 9.14. The van der Waals surface area contributed by atoms with Gasteiger partial charge in [-0.25, -0.2) is 4.79 Å². The zero-order valence-electron chi connectivity index (χ0n) is 11.9. The Morgan fingerprint density at radius 1 is 1.18 bits per heavy atom. The molecule has 6 heteroatoms. The van der Waals surface area contributed by atoms with Gasteiger partial charge < -0.3 is 19.9 Å². The Kier molecular flexibility index (Phi) is 4.63. The van der Waals surface area contributed by atoms with Crippen molar-refractivity contribution in [1.82, 2.24) is 4.98 Å². The Labute approximate surface area is 126 Å². The molecule has 1 heterocycles. The van der Waals surface area contributed by atoms with E-state index in [0.29, 0.717) is 18.1 Å². The molecular formula is C16H15NO5. The summed E-state index contributed by atoms with van der Waals surface area (Å²) >= 11 is 0. The van der Waals surface area contributed by atoms with Crippen LogP contribution >= 0.6 is 0 Å². The number of benzene rings is 1. The van der Waals surface area contributed by atoms with Crippen LogP contribution in [0, 0.1) is 0 Å². The molecule has 0 bridgehead atoms. The zero-order valence-corrected chi connectivity index (χ0v) is 11.9. The molecule has 0 saturated carbocycles. The average Bonchev–Trinajstić information content (AvgIpc) is 2.96. The zero-order chi connectivity index (χ0) is 16.1. The fourth-order valence-corrected chi connectivity index (χ4v) is 2.00. The van der Waals surface area contributed by atoms with Gasteiger partial charge in [-0.3, -0.25) is 4.79 Å². The summed E-state index contributed by atoms with van der Waals surface area (Å²) in [7, 11) is 1.58. The minimum Gasteiger partial charge on any atom is -0.502 e. The van der Waals surface area contributed by atoms with Crippen LogP contribution < -0.4 is 4.74 Å². The van der Waals surface area contributed by atoms with Crippen molar-refractivity contribution in [2.45, 2.75) is 6.42 Å². The summed E-state index contributed by atoms with van der Waals surface area (Å²) in [5.41, 5.74) is 1.94. The summed E-state index contributed by atoms with van der Waals surface area (Å²) in [4.78, 5) is 25.3. The highest BCUT2D eigenvalue weighted by Gasteiger charge is 2.14. The summed E-state index contributed by atoms with van der Waals surface area (Å²) in [5.74, 6) is -2.39. The number of ether oxygens (including phenoxy) is 1. The number of carbonyl (C=O) groups excluding carboxylic acids is 1. The third-order valence-electron chi connectivity index (χ3n) is 3.12. The maximum Gasteiger partial charge on any atom is 0.371 e. The third-order valence-corrected chi connectivity index (χ3v) is 3.12. The average molecular weight is 301 g/mol. The minimum absolute atomic E-state index is 0.253. The summed E-state index contributed by atoms with van der Waals surface area (Å²) in [5, 5.41) is 17.7. The second-order valence-electron chi connectivity index (χ2n) is 4.60. The van der Waals surface area contributed by atoms with Crippen LogP contribution in [-0.2, 0) is 11.2 Å². The number of aliphatic hydroxyl groups is 1. The molecule has 0 fully saturated rings. The smallest absolute Gasteiger partial charge is 0.371 e. The van der Waals surface area contributed by atoms with Crippen LogP contribution in [0.1, 0.15) is 21.6 Å². The lowest BCUT2D eigenvalue weighted by Gasteiger charge is -2.04. The first-order chi connectivity index (χ1) is 10.5. The minimum atomic E-state index is -1.54. The number of aromatic amines is 1. The van der Waals surface area contributed by atoms with E-state index < -0.39 is 17.5 Å². The van der Waals surface area contributed by atoms with Gasteiger partial charge in [-0.1, -0.05) is 12.1 Å². The van der Waals surface area contributed by atoms with Crippen LogP contribution in [0.25, 0.3) is 0 Å². The maximum atomic E-state index is 12.0. The first kappa shape index (κ1) is 15.4. The molecule has 0 saturated heterocycles. The van der Waals surface area contributed by atoms with Crippen molar-refractivity contribution in [3.05, 3.63) is 65.2 Å². The van der Waals surface area contributed by atoms with E-state index in [1.807, 2.05) is 24.3 Å². The Balaban J connectivity index is 2.20. The van der Waals surface area contributed by atoms with Crippen molar-refractivity contribution in [1.29, 1.82) is 0 Å². The molecule has 0 radical (unpaired) electrons. The largest absolute Gasteiger partial charge is 0.502 e. The number of carboxylic acids is 1. The van der Waals surface area contributed by atoms with Crippen molar-refractivity contribution < 1.29 is 24.5 Å². The molecule has 0 aliphatic heterocycles. The molecule has 114 valence electrons. The monoisotopic (exact) mass is 301 g/mol. The molecule has 3 N–H and O–H groups in total. The Bertz CT molecular complexity index is 712. The van der Waals surface area contributed by atoms with Gasteiger partial charge >= 0.3 is 5.97 Å². The van der Waals surface area contributed by atoms with Crippen molar-refractivity contribution in [2.24, 2.45) is 0 Å². The second-order valence-corrected chi connectivity index (χ2v) is 4.60. The molecular weight excluding hydrogens is 286 g/mol. The predicted octanol–water partition coefficient (Wildman–Crippen LogP) is 2.32. The molecule has 1 aromatic heterocycles. The number of hydrogen-bond donors (Lipinski definition) is 3. The van der Waals surface area contributed by atoms with Gasteiger partial charge in [0, 0.05) is 12.3 Å². The molecule has 0 unspecified atom stereocenters. The van der Waals surface area contributed by atoms with E-state index in [2.05, 4.69) is 4.98 Å². The molecule has 2 aromatic rings. The molecule has 0 amide bonds. The number of allylic oxidation sites excluding steroid dienone is 1. The number of nitrogens with one attached hydrogen (secondary N) is 1. The van der Waals surface area contributed by atoms with Gasteiger partial charge in [0.1, 0.15) is 5.75 Å². The lowest BCUT2D eigenvalue weighted by Crippen LogP contribution is -2.06. The number of methoxy groups -OCH3 is 1. The van der Waals surface area contributed by atoms with Crippen LogP contribution in [0.4, 0.5) is 0 Å². The summed E-state index contributed by atoms with van der Waals surface area (Å²) in [6.45, 7) is 0. The van der Waals surface area contributed by atoms with E-state index in [9.17, 15) is 9.59 Å². The number of aliphatic hydroxyl groups excluding tert-OH is 1. The molecule has 0 aliphatic carbocycles. The van der Waals surface area contributed by atoms with Crippen LogP contribution in [0.2, 0.25) is 0 Å². The van der Waals surface area contributed by atoms with Gasteiger partial charge in [0.25, 0.3) is 0 Å². The van der Waals surface area contributed by atoms with Gasteiger partial charge in [-0.2, -0.15) is 0 Å². The second kappa shape index (κ2) is 6.62. The SMILES string of the molecule is COc1ccc(Cc2cc[nH]c2C(=O)/C=C(\O)C(=O)O)cc1. The third kappa shape index (κ3) is 3.54. The van der Waals surface area contributed by atoms with Gasteiger partial charge in [-0.05, 0) is 35.7 Å². The van der Waals surface area contributed by atoms with Gasteiger partial charge in [0.05, 0.1) is 12.8 Å². The quantitative estimate of drug-likeness (QED) is 0.432. The Morgan fingerprint density at radius 2 is 1.86 bits per heavy atom. The molecule has 22 heavy (non-hydrogen) atoms. The number of aliphatic carboxylic acids is 1. The van der Waals surface area contributed by atoms with Gasteiger partial charge in [0.15, 0.2) is 0 Å². The van der Waals surface area contributed by atoms with E-state index in [1.54, 1.807) is 19.4 Å². The van der Waals surface area contributed by atoms with Crippen molar-refractivity contribution >= 4 is 11.8 Å². The van der Waals surface area contributed by atoms with Crippen molar-refractivity contribution in [2.75, 3.05) is 7.11 Å². The fourth-order valence-electron chi connectivity index (χ4n) is 2.00. The first-order valence-corrected chi connectivity index (χ1v) is 6.48. The van der Waals surface area contributed by atoms with Crippen LogP contribution in [0.3, 0.4) is 0 Å². The summed E-state index contributed by atoms with van der Waals surface area (Å²) < 4.78 is 5.08. The molecule has 6 nitrogen and oxygen atoms in total. The number of hydrogen-bond acceptors (Lipinski definition) is 4. The van der Waals surface area contributed by atoms with E-state index in [0.717, 1.165) is 11.3 Å². The predicted molar refractivity (Wildman–Crippen MR) is 79.3 cm³/mol. The maximum absolute atomic E-state index is 12.0. The van der Waals surface area contributed by atoms with E-state index in [1.165, 1.54) is 0 Å². The highest BCUT2D eigenvalue weighted by Crippen LogP contribution is 2.17. The highest BCUT2D eigenvalue weighted by molar-refractivity contribution is 6.07. The van der Waals surface area contributed by atoms with Gasteiger partial charge in [0.2, 0.25) is 11.5 Å². The molecule has 0 spiro atoms. The number of carboxylic acid groups (broad SMARTS) is 1. The fraction of sp³-hybridized carbons (Fsp3) is 0.125. The molecule has 0 aliphatic rings. The van der Waals surface area contributed by atoms with Crippen LogP contribution in [-0.4, -0.2) is 34.1 Å². The van der Waals surface area contributed by atoms with Crippen molar-refractivity contribution in [3.8, 4) is 5.75 Å².